The number of rotatable bonds is 15. The van der Waals surface area contributed by atoms with E-state index in [0.29, 0.717) is 12.8 Å². The minimum Gasteiger partial charge on any atom is -0.351 e. The van der Waals surface area contributed by atoms with Gasteiger partial charge in [0.1, 0.15) is 0 Å². The van der Waals surface area contributed by atoms with Gasteiger partial charge in [-0.3, -0.25) is 10.1 Å². The number of imide groups is 1. The first-order valence-corrected chi connectivity index (χ1v) is 8.99. The lowest BCUT2D eigenvalue weighted by molar-refractivity contribution is -0.234. The van der Waals surface area contributed by atoms with Gasteiger partial charge in [-0.25, -0.2) is 9.59 Å². The molecule has 0 spiro atoms. The van der Waals surface area contributed by atoms with Gasteiger partial charge in [-0.1, -0.05) is 64.2 Å². The molecule has 4 N–H and O–H groups in total. The molecule has 0 aromatic carbocycles. The minimum absolute atomic E-state index is 0.292. The van der Waals surface area contributed by atoms with Crippen molar-refractivity contribution in [3.05, 3.63) is 0 Å². The number of urea groups is 1. The van der Waals surface area contributed by atoms with Crippen molar-refractivity contribution in [3.8, 4) is 0 Å². The summed E-state index contributed by atoms with van der Waals surface area (Å²) in [5.41, 5.74) is 4.86. The highest BCUT2D eigenvalue weighted by molar-refractivity contribution is 5.93. The van der Waals surface area contributed by atoms with Crippen LogP contribution < -0.4 is 11.1 Å². The van der Waals surface area contributed by atoms with E-state index >= 15 is 0 Å². The van der Waals surface area contributed by atoms with Crippen molar-refractivity contribution in [2.75, 3.05) is 0 Å². The highest BCUT2D eigenvalue weighted by Gasteiger charge is 2.03. The molecular formula is C17H32N2O5. The van der Waals surface area contributed by atoms with Crippen molar-refractivity contribution in [1.82, 2.24) is 5.32 Å². The van der Waals surface area contributed by atoms with Gasteiger partial charge in [0.15, 0.2) is 0 Å². The van der Waals surface area contributed by atoms with Gasteiger partial charge >= 0.3 is 12.0 Å². The summed E-state index contributed by atoms with van der Waals surface area (Å²) in [6.45, 7) is 0. The maximum Gasteiger partial charge on any atom is 0.342 e. The molecule has 0 aromatic heterocycles. The van der Waals surface area contributed by atoms with E-state index < -0.39 is 12.0 Å². The Kier molecular flexibility index (Phi) is 15.1. The van der Waals surface area contributed by atoms with Crippen LogP contribution >= 0.6 is 0 Å². The summed E-state index contributed by atoms with van der Waals surface area (Å²) >= 11 is 0. The lowest BCUT2D eigenvalue weighted by atomic mass is 10.0. The van der Waals surface area contributed by atoms with Gasteiger partial charge in [-0.05, 0) is 12.8 Å². The number of nitrogens with two attached hydrogens (primary N) is 1. The number of hydrogen-bond acceptors (Lipinski definition) is 5. The van der Waals surface area contributed by atoms with E-state index in [-0.39, 0.29) is 5.91 Å². The van der Waals surface area contributed by atoms with Crippen LogP contribution in [0.4, 0.5) is 4.79 Å². The first-order chi connectivity index (χ1) is 11.6. The Balaban J connectivity index is 3.14. The predicted octanol–water partition coefficient (Wildman–Crippen LogP) is 3.66. The summed E-state index contributed by atoms with van der Waals surface area (Å²) in [7, 11) is 0. The summed E-state index contributed by atoms with van der Waals surface area (Å²) in [4.78, 5) is 35.9. The minimum atomic E-state index is -0.785. The summed E-state index contributed by atoms with van der Waals surface area (Å²) in [5, 5.41) is 10.2. The topological polar surface area (TPSA) is 119 Å². The molecule has 0 aliphatic carbocycles. The van der Waals surface area contributed by atoms with Crippen molar-refractivity contribution >= 4 is 17.9 Å². The molecule has 7 heteroatoms. The van der Waals surface area contributed by atoms with Crippen LogP contribution in [0.5, 0.6) is 0 Å². The second kappa shape index (κ2) is 16.2. The van der Waals surface area contributed by atoms with E-state index in [9.17, 15) is 14.4 Å². The maximum absolute atomic E-state index is 11.2. The van der Waals surface area contributed by atoms with Crippen LogP contribution in [0.1, 0.15) is 89.9 Å². The van der Waals surface area contributed by atoms with Crippen LogP contribution in [0.25, 0.3) is 0 Å². The molecule has 0 aliphatic rings. The van der Waals surface area contributed by atoms with Crippen molar-refractivity contribution < 1.29 is 24.5 Å². The van der Waals surface area contributed by atoms with Crippen LogP contribution in [-0.4, -0.2) is 23.2 Å². The Morgan fingerprint density at radius 1 is 0.708 bits per heavy atom. The van der Waals surface area contributed by atoms with Crippen molar-refractivity contribution in [2.24, 2.45) is 5.73 Å². The molecule has 0 aromatic rings. The third kappa shape index (κ3) is 16.7. The third-order valence-electron chi connectivity index (χ3n) is 3.90. The smallest absolute Gasteiger partial charge is 0.342 e. The average Bonchev–Trinajstić information content (AvgIpc) is 2.54. The van der Waals surface area contributed by atoms with E-state index in [2.05, 4.69) is 10.2 Å². The zero-order valence-corrected chi connectivity index (χ0v) is 14.6. The van der Waals surface area contributed by atoms with Gasteiger partial charge in [0.05, 0.1) is 0 Å². The van der Waals surface area contributed by atoms with Crippen LogP contribution in [0.3, 0.4) is 0 Å². The number of nitrogens with one attached hydrogen (secondary N) is 1. The number of primary amides is 1. The lowest BCUT2D eigenvalue weighted by Gasteiger charge is -2.03. The zero-order chi connectivity index (χ0) is 18.0. The largest absolute Gasteiger partial charge is 0.351 e. The predicted molar refractivity (Wildman–Crippen MR) is 91.1 cm³/mol. The molecule has 0 atom stereocenters. The molecule has 0 rings (SSSR count). The zero-order valence-electron chi connectivity index (χ0n) is 14.6. The Labute approximate surface area is 144 Å². The second-order valence-corrected chi connectivity index (χ2v) is 6.12. The van der Waals surface area contributed by atoms with Gasteiger partial charge in [-0.2, -0.15) is 5.26 Å². The highest BCUT2D eigenvalue weighted by Crippen LogP contribution is 2.13. The van der Waals surface area contributed by atoms with Gasteiger partial charge in [0.2, 0.25) is 5.91 Å². The first kappa shape index (κ1) is 22.4. The van der Waals surface area contributed by atoms with Crippen LogP contribution in [0.2, 0.25) is 0 Å². The van der Waals surface area contributed by atoms with Crippen molar-refractivity contribution in [1.29, 1.82) is 0 Å². The fourth-order valence-electron chi connectivity index (χ4n) is 2.57. The summed E-state index contributed by atoms with van der Waals surface area (Å²) in [6, 6.07) is -0.785. The average molecular weight is 344 g/mol. The van der Waals surface area contributed by atoms with Gasteiger partial charge in [-0.15, -0.1) is 0 Å². The summed E-state index contributed by atoms with van der Waals surface area (Å²) in [6.07, 6.45) is 13.7. The molecule has 24 heavy (non-hydrogen) atoms. The maximum atomic E-state index is 11.2. The molecule has 0 unspecified atom stereocenters. The highest BCUT2D eigenvalue weighted by atomic mass is 17.1. The molecule has 0 radical (unpaired) electrons. The first-order valence-electron chi connectivity index (χ1n) is 8.99. The number of carbonyl (C=O) groups excluding carboxylic acids is 3. The summed E-state index contributed by atoms with van der Waals surface area (Å²) in [5.74, 6) is -0.848. The van der Waals surface area contributed by atoms with E-state index in [4.69, 9.17) is 11.0 Å². The standard InChI is InChI=1S/C17H32N2O5/c18-17(22)19-15(20)13-11-9-7-5-3-1-2-4-6-8-10-12-14-16(21)24-23/h23H,1-14H2,(H3,18,19,20,22). The molecule has 0 saturated carbocycles. The summed E-state index contributed by atoms with van der Waals surface area (Å²) < 4.78 is 0. The second-order valence-electron chi connectivity index (χ2n) is 6.12. The molecule has 3 amide bonds. The molecule has 7 nitrogen and oxygen atoms in total. The van der Waals surface area contributed by atoms with E-state index in [1.807, 2.05) is 0 Å². The van der Waals surface area contributed by atoms with Crippen LogP contribution in [0.15, 0.2) is 0 Å². The van der Waals surface area contributed by atoms with E-state index in [0.717, 1.165) is 38.5 Å². The monoisotopic (exact) mass is 344 g/mol. The molecule has 0 bridgehead atoms. The number of unbranched alkanes of at least 4 members (excludes halogenated alkanes) is 11. The fraction of sp³-hybridized carbons (Fsp3) is 0.824. The van der Waals surface area contributed by atoms with Crippen molar-refractivity contribution in [3.63, 3.8) is 0 Å². The SMILES string of the molecule is NC(=O)NC(=O)CCCCCCCCCCCCCCC(=O)OO. The molecular weight excluding hydrogens is 312 g/mol. The van der Waals surface area contributed by atoms with Crippen LogP contribution in [-0.2, 0) is 14.5 Å². The number of hydrogen-bond donors (Lipinski definition) is 3. The number of amides is 3. The lowest BCUT2D eigenvalue weighted by Crippen LogP contribution is -2.34. The molecule has 140 valence electrons. The van der Waals surface area contributed by atoms with Gasteiger partial charge < -0.3 is 10.6 Å². The number of carbonyl (C=O) groups is 3. The van der Waals surface area contributed by atoms with Crippen molar-refractivity contribution in [2.45, 2.75) is 89.9 Å². The Morgan fingerprint density at radius 2 is 1.08 bits per heavy atom. The molecule has 0 saturated heterocycles. The van der Waals surface area contributed by atoms with Crippen LogP contribution in [0, 0.1) is 0 Å². The fourth-order valence-corrected chi connectivity index (χ4v) is 2.57. The van der Waals surface area contributed by atoms with E-state index in [1.54, 1.807) is 0 Å². The molecule has 0 aliphatic heterocycles. The Bertz CT molecular complexity index is 361. The molecule has 0 fully saturated rings. The Hall–Kier alpha value is -1.63. The van der Waals surface area contributed by atoms with Gasteiger partial charge in [0, 0.05) is 12.8 Å². The quantitative estimate of drug-likeness (QED) is 0.238. The molecule has 0 heterocycles. The normalized spacial score (nSPS) is 10.4. The third-order valence-corrected chi connectivity index (χ3v) is 3.90. The van der Waals surface area contributed by atoms with E-state index in [1.165, 1.54) is 38.5 Å². The Morgan fingerprint density at radius 3 is 1.46 bits per heavy atom. The van der Waals surface area contributed by atoms with Gasteiger partial charge in [0.25, 0.3) is 0 Å².